The molecule has 0 bridgehead atoms. The lowest BCUT2D eigenvalue weighted by molar-refractivity contribution is -2.00. The number of halogens is 1. The number of benzene rings is 3. The van der Waals surface area contributed by atoms with Gasteiger partial charge in [-0.25, -0.2) is 18.6 Å². The smallest absolute Gasteiger partial charge is 0.258 e. The fraction of sp³-hybridized carbons (Fsp3) is 0.0800. The molecule has 4 aromatic rings. The highest BCUT2D eigenvalue weighted by Gasteiger charge is 2.26. The van der Waals surface area contributed by atoms with Gasteiger partial charge in [-0.05, 0) is 36.2 Å². The molecule has 0 saturated carbocycles. The minimum atomic E-state index is -4.94. The lowest BCUT2D eigenvalue weighted by atomic mass is 9.98. The molecular formula is C25H21ClN2O6. The molecule has 3 aromatic carbocycles. The van der Waals surface area contributed by atoms with Crippen LogP contribution in [-0.2, 0) is 6.54 Å². The number of para-hydroxylation sites is 1. The van der Waals surface area contributed by atoms with E-state index in [9.17, 15) is 10.1 Å². The zero-order valence-electron chi connectivity index (χ0n) is 18.2. The highest BCUT2D eigenvalue weighted by atomic mass is 35.7. The van der Waals surface area contributed by atoms with Crippen LogP contribution >= 0.6 is 0 Å². The summed E-state index contributed by atoms with van der Waals surface area (Å²) >= 11 is 0. The Morgan fingerprint density at radius 2 is 1.18 bits per heavy atom. The summed E-state index contributed by atoms with van der Waals surface area (Å²) < 4.78 is 36.1. The summed E-state index contributed by atoms with van der Waals surface area (Å²) in [5.74, 6) is 0. The Hall–Kier alpha value is -3.66. The number of nitrogens with zero attached hydrogens (tertiary/aromatic N) is 2. The Morgan fingerprint density at radius 1 is 0.706 bits per heavy atom. The summed E-state index contributed by atoms with van der Waals surface area (Å²) in [4.78, 5) is 11.4. The monoisotopic (exact) mass is 480 g/mol. The van der Waals surface area contributed by atoms with Crippen LogP contribution < -0.4 is 23.2 Å². The summed E-state index contributed by atoms with van der Waals surface area (Å²) in [6.07, 6.45) is 0. The Kier molecular flexibility index (Phi) is 8.06. The molecule has 0 spiro atoms. The van der Waals surface area contributed by atoms with Crippen LogP contribution in [0.5, 0.6) is 0 Å². The van der Waals surface area contributed by atoms with Gasteiger partial charge in [0.05, 0.1) is 4.92 Å². The Balaban J connectivity index is 0.000000588. The van der Waals surface area contributed by atoms with Crippen molar-refractivity contribution in [1.29, 1.82) is 0 Å². The normalized spacial score (nSPS) is 10.9. The molecule has 0 unspecified atom stereocenters. The molecule has 1 aromatic heterocycles. The third kappa shape index (κ3) is 6.44. The van der Waals surface area contributed by atoms with Gasteiger partial charge < -0.3 is 0 Å². The molecule has 4 rings (SSSR count). The second-order valence-electron chi connectivity index (χ2n) is 7.14. The maximum atomic E-state index is 11.7. The highest BCUT2D eigenvalue weighted by Crippen LogP contribution is 2.33. The van der Waals surface area contributed by atoms with Crippen molar-refractivity contribution in [2.45, 2.75) is 13.5 Å². The van der Waals surface area contributed by atoms with Crippen LogP contribution in [-0.4, -0.2) is 4.92 Å². The van der Waals surface area contributed by atoms with Crippen molar-refractivity contribution in [2.24, 2.45) is 0 Å². The predicted molar refractivity (Wildman–Crippen MR) is 115 cm³/mol. The lowest BCUT2D eigenvalue weighted by Crippen LogP contribution is -2.68. The summed E-state index contributed by atoms with van der Waals surface area (Å²) in [5.41, 5.74) is 5.78. The zero-order valence-corrected chi connectivity index (χ0v) is 18.9. The van der Waals surface area contributed by atoms with Gasteiger partial charge in [-0.15, -0.1) is 10.2 Å². The maximum Gasteiger partial charge on any atom is 0.283 e. The van der Waals surface area contributed by atoms with Gasteiger partial charge in [-0.2, -0.15) is 4.57 Å². The minimum Gasteiger partial charge on any atom is -0.258 e. The SMILES string of the molecule is CC[n+]1c(-c2ccccc2)cc(-c2ccccc2)cc1-c1ccccc1[N+](=O)[O-].[O-][Cl+3]([O-])([O-])[O-]. The van der Waals surface area contributed by atoms with Gasteiger partial charge in [-0.1, -0.05) is 60.7 Å². The van der Waals surface area contributed by atoms with Crippen LogP contribution in [0.15, 0.2) is 97.1 Å². The van der Waals surface area contributed by atoms with Gasteiger partial charge in [0, 0.05) is 23.8 Å². The first-order valence-corrected chi connectivity index (χ1v) is 11.5. The molecule has 0 amide bonds. The first-order chi connectivity index (χ1) is 16.2. The van der Waals surface area contributed by atoms with Crippen molar-refractivity contribution < 1.29 is 38.4 Å². The van der Waals surface area contributed by atoms with Crippen LogP contribution in [0.4, 0.5) is 5.69 Å². The number of hydrogen-bond donors (Lipinski definition) is 0. The fourth-order valence-corrected chi connectivity index (χ4v) is 3.68. The first-order valence-electron chi connectivity index (χ1n) is 10.2. The zero-order chi connectivity index (χ0) is 24.7. The van der Waals surface area contributed by atoms with E-state index in [1.807, 2.05) is 54.6 Å². The molecule has 1 heterocycles. The molecule has 0 N–H and O–H groups in total. The van der Waals surface area contributed by atoms with E-state index in [0.29, 0.717) is 12.1 Å². The van der Waals surface area contributed by atoms with Gasteiger partial charge in [0.15, 0.2) is 0 Å². The van der Waals surface area contributed by atoms with Gasteiger partial charge in [0.25, 0.3) is 5.69 Å². The molecule has 174 valence electrons. The van der Waals surface area contributed by atoms with Crippen molar-refractivity contribution >= 4 is 5.69 Å². The van der Waals surface area contributed by atoms with Crippen molar-refractivity contribution in [2.75, 3.05) is 0 Å². The van der Waals surface area contributed by atoms with Crippen LogP contribution in [0, 0.1) is 20.4 Å². The van der Waals surface area contributed by atoms with E-state index in [1.165, 1.54) is 0 Å². The van der Waals surface area contributed by atoms with E-state index in [0.717, 1.165) is 28.1 Å². The van der Waals surface area contributed by atoms with Crippen molar-refractivity contribution in [3.8, 4) is 33.6 Å². The summed E-state index contributed by atoms with van der Waals surface area (Å²) in [6, 6.07) is 31.4. The Morgan fingerprint density at radius 3 is 1.71 bits per heavy atom. The van der Waals surface area contributed by atoms with E-state index in [1.54, 1.807) is 12.1 Å². The van der Waals surface area contributed by atoms with E-state index < -0.39 is 10.2 Å². The predicted octanol–water partition coefficient (Wildman–Crippen LogP) is 1.15. The standard InChI is InChI=1S/C25H21N2O2.ClHO4/c1-2-26-24(20-13-7-4-8-14-20)17-21(19-11-5-3-6-12-19)18-25(26)22-15-9-10-16-23(22)27(28)29;2-1(3,4)5/h3-18H,2H2,1H3;(H,2,3,4,5)/q+1;/p-1. The maximum absolute atomic E-state index is 11.7. The van der Waals surface area contributed by atoms with E-state index >= 15 is 0 Å². The third-order valence-electron chi connectivity index (χ3n) is 5.04. The van der Waals surface area contributed by atoms with Gasteiger partial charge in [-0.3, -0.25) is 10.1 Å². The number of pyridine rings is 1. The number of nitro groups is 1. The van der Waals surface area contributed by atoms with E-state index in [-0.39, 0.29) is 10.6 Å². The third-order valence-corrected chi connectivity index (χ3v) is 5.04. The first kappa shape index (κ1) is 25.0. The largest absolute Gasteiger partial charge is 0.283 e. The second-order valence-corrected chi connectivity index (χ2v) is 7.90. The molecule has 8 nitrogen and oxygen atoms in total. The van der Waals surface area contributed by atoms with Crippen LogP contribution in [0.3, 0.4) is 0 Å². The molecule has 0 fully saturated rings. The molecule has 0 atom stereocenters. The van der Waals surface area contributed by atoms with Crippen LogP contribution in [0.2, 0.25) is 0 Å². The van der Waals surface area contributed by atoms with Crippen molar-refractivity contribution in [1.82, 2.24) is 0 Å². The van der Waals surface area contributed by atoms with Gasteiger partial charge in [0.2, 0.25) is 11.4 Å². The average molecular weight is 481 g/mol. The van der Waals surface area contributed by atoms with E-state index in [2.05, 4.69) is 41.8 Å². The quantitative estimate of drug-likeness (QED) is 0.238. The molecule has 0 aliphatic carbocycles. The molecule has 0 saturated heterocycles. The second kappa shape index (κ2) is 11.0. The average Bonchev–Trinajstić information content (AvgIpc) is 2.83. The summed E-state index contributed by atoms with van der Waals surface area (Å²) in [7, 11) is -4.94. The van der Waals surface area contributed by atoms with Gasteiger partial charge in [0.1, 0.15) is 12.1 Å². The number of nitro benzene ring substituents is 1. The van der Waals surface area contributed by atoms with Crippen LogP contribution in [0.25, 0.3) is 33.6 Å². The Bertz CT molecular complexity index is 1260. The van der Waals surface area contributed by atoms with Crippen molar-refractivity contribution in [3.63, 3.8) is 0 Å². The molecule has 0 aliphatic heterocycles. The van der Waals surface area contributed by atoms with Crippen LogP contribution in [0.1, 0.15) is 6.92 Å². The van der Waals surface area contributed by atoms with Crippen molar-refractivity contribution in [3.05, 3.63) is 107 Å². The summed E-state index contributed by atoms with van der Waals surface area (Å²) in [6.45, 7) is 2.76. The van der Waals surface area contributed by atoms with Gasteiger partial charge >= 0.3 is 0 Å². The number of hydrogen-bond acceptors (Lipinski definition) is 6. The lowest BCUT2D eigenvalue weighted by Gasteiger charge is -2.17. The molecule has 0 aliphatic rings. The topological polar surface area (TPSA) is 139 Å². The summed E-state index contributed by atoms with van der Waals surface area (Å²) in [5, 5.41) is 11.7. The number of aromatic nitrogens is 1. The fourth-order valence-electron chi connectivity index (χ4n) is 3.68. The molecular weight excluding hydrogens is 460 g/mol. The Labute approximate surface area is 198 Å². The number of rotatable bonds is 5. The molecule has 0 radical (unpaired) electrons. The minimum absolute atomic E-state index is 0.110. The molecule has 9 heteroatoms. The molecule has 34 heavy (non-hydrogen) atoms. The van der Waals surface area contributed by atoms with E-state index in [4.69, 9.17) is 18.6 Å². The highest BCUT2D eigenvalue weighted by molar-refractivity contribution is 5.76.